The number of aromatic nitrogens is 1. The van der Waals surface area contributed by atoms with Crippen LogP contribution in [0.5, 0.6) is 0 Å². The minimum Gasteiger partial charge on any atom is -0.361 e. The number of carbonyl (C=O) groups excluding carboxylic acids is 1. The van der Waals surface area contributed by atoms with E-state index >= 15 is 0 Å². The number of aryl methyl sites for hydroxylation is 1. The largest absolute Gasteiger partial charge is 0.361 e. The van der Waals surface area contributed by atoms with Gasteiger partial charge in [-0.25, -0.2) is 13.1 Å². The highest BCUT2D eigenvalue weighted by molar-refractivity contribution is 7.90. The Balaban J connectivity index is 1.72. The second-order valence-corrected chi connectivity index (χ2v) is 8.37. The number of aromatic amines is 1. The van der Waals surface area contributed by atoms with Crippen molar-refractivity contribution in [2.45, 2.75) is 17.7 Å². The molecule has 0 saturated heterocycles. The Morgan fingerprint density at radius 3 is 2.79 bits per heavy atom. The van der Waals surface area contributed by atoms with Crippen LogP contribution in [0.3, 0.4) is 0 Å². The van der Waals surface area contributed by atoms with Crippen LogP contribution in [-0.4, -0.2) is 19.3 Å². The number of rotatable bonds is 6. The molecule has 2 aromatic carbocycles. The van der Waals surface area contributed by atoms with Crippen LogP contribution < -0.4 is 4.72 Å². The van der Waals surface area contributed by atoms with Gasteiger partial charge in [0.25, 0.3) is 10.0 Å². The molecule has 0 unspecified atom stereocenters. The van der Waals surface area contributed by atoms with Gasteiger partial charge in [-0.3, -0.25) is 4.79 Å². The molecule has 0 spiro atoms. The molecule has 0 bridgehead atoms. The number of nitrogens with one attached hydrogen (secondary N) is 2. The first kappa shape index (κ1) is 20.0. The van der Waals surface area contributed by atoms with Crippen molar-refractivity contribution in [1.82, 2.24) is 9.71 Å². The maximum Gasteiger partial charge on any atom is 0.264 e. The summed E-state index contributed by atoms with van der Waals surface area (Å²) in [6, 6.07) is 8.67. The highest BCUT2D eigenvalue weighted by Gasteiger charge is 2.18. The van der Waals surface area contributed by atoms with E-state index in [0.717, 1.165) is 16.5 Å². The van der Waals surface area contributed by atoms with Crippen molar-refractivity contribution in [2.24, 2.45) is 5.11 Å². The average Bonchev–Trinajstić information content (AvgIpc) is 3.03. The molecule has 28 heavy (non-hydrogen) atoms. The zero-order valence-corrected chi connectivity index (χ0v) is 16.5. The molecule has 0 saturated carbocycles. The van der Waals surface area contributed by atoms with Crippen molar-refractivity contribution in [3.8, 4) is 0 Å². The third-order valence-corrected chi connectivity index (χ3v) is 5.82. The van der Waals surface area contributed by atoms with Gasteiger partial charge in [0.2, 0.25) is 5.91 Å². The fraction of sp³-hybridized carbons (Fsp3) is 0.118. The van der Waals surface area contributed by atoms with Crippen LogP contribution in [0.25, 0.3) is 21.3 Å². The molecule has 3 rings (SSSR count). The molecule has 11 heteroatoms. The maximum absolute atomic E-state index is 12.4. The number of H-pyrrole nitrogens is 1. The van der Waals surface area contributed by atoms with Gasteiger partial charge in [0, 0.05) is 39.1 Å². The fourth-order valence-electron chi connectivity index (χ4n) is 2.72. The third-order valence-electron chi connectivity index (χ3n) is 3.94. The van der Waals surface area contributed by atoms with Crippen LogP contribution in [0.4, 0.5) is 5.69 Å². The minimum absolute atomic E-state index is 0.0683. The lowest BCUT2D eigenvalue weighted by atomic mass is 10.1. The molecular formula is C17H13Cl2N5O3S. The van der Waals surface area contributed by atoms with Gasteiger partial charge in [0.05, 0.1) is 9.92 Å². The molecule has 0 aliphatic carbocycles. The molecule has 0 radical (unpaired) electrons. The van der Waals surface area contributed by atoms with Gasteiger partial charge >= 0.3 is 0 Å². The van der Waals surface area contributed by atoms with Crippen LogP contribution >= 0.6 is 23.2 Å². The van der Waals surface area contributed by atoms with Crippen molar-refractivity contribution in [3.63, 3.8) is 0 Å². The molecule has 3 aromatic rings. The third kappa shape index (κ3) is 4.40. The van der Waals surface area contributed by atoms with Crippen LogP contribution in [0.2, 0.25) is 10.0 Å². The Labute approximate surface area is 170 Å². The molecule has 0 atom stereocenters. The Hall–Kier alpha value is -2.71. The molecule has 2 N–H and O–H groups in total. The molecule has 1 heterocycles. The van der Waals surface area contributed by atoms with Crippen LogP contribution in [0, 0.1) is 0 Å². The van der Waals surface area contributed by atoms with Gasteiger partial charge in [0.1, 0.15) is 0 Å². The summed E-state index contributed by atoms with van der Waals surface area (Å²) in [5.41, 5.74) is 10.1. The summed E-state index contributed by atoms with van der Waals surface area (Å²) >= 11 is 12.2. The molecule has 0 aliphatic rings. The number of benzene rings is 2. The second-order valence-electron chi connectivity index (χ2n) is 5.84. The highest BCUT2D eigenvalue weighted by atomic mass is 35.5. The predicted octanol–water partition coefficient (Wildman–Crippen LogP) is 4.85. The zero-order chi connectivity index (χ0) is 20.3. The van der Waals surface area contributed by atoms with E-state index in [-0.39, 0.29) is 23.4 Å². The van der Waals surface area contributed by atoms with E-state index in [0.29, 0.717) is 10.0 Å². The summed E-state index contributed by atoms with van der Waals surface area (Å²) in [6.45, 7) is 0. The Morgan fingerprint density at radius 1 is 1.25 bits per heavy atom. The van der Waals surface area contributed by atoms with Gasteiger partial charge in [-0.05, 0) is 41.8 Å². The lowest BCUT2D eigenvalue weighted by Gasteiger charge is -2.07. The number of amides is 1. The van der Waals surface area contributed by atoms with E-state index in [1.807, 2.05) is 4.72 Å². The molecule has 0 aliphatic heterocycles. The topological polar surface area (TPSA) is 128 Å². The van der Waals surface area contributed by atoms with Crippen LogP contribution in [0.1, 0.15) is 12.0 Å². The first-order valence-corrected chi connectivity index (χ1v) is 10.2. The Bertz CT molecular complexity index is 1220. The van der Waals surface area contributed by atoms with Crippen molar-refractivity contribution in [1.29, 1.82) is 0 Å². The summed E-state index contributed by atoms with van der Waals surface area (Å²) in [6.07, 6.45) is 1.92. The van der Waals surface area contributed by atoms with Gasteiger partial charge in [-0.1, -0.05) is 40.4 Å². The SMILES string of the molecule is [N-]=[N+]=Nc1cccc(S(=O)(=O)NC(=O)CCc2c[nH]c3cc(Cl)cc(Cl)c23)c1. The number of sulfonamides is 1. The van der Waals surface area contributed by atoms with Crippen molar-refractivity contribution < 1.29 is 13.2 Å². The Morgan fingerprint density at radius 2 is 2.04 bits per heavy atom. The second kappa shape index (κ2) is 8.12. The quantitative estimate of drug-likeness (QED) is 0.324. The van der Waals surface area contributed by atoms with Crippen molar-refractivity contribution >= 4 is 55.7 Å². The smallest absolute Gasteiger partial charge is 0.264 e. The van der Waals surface area contributed by atoms with Crippen LogP contribution in [0.15, 0.2) is 52.6 Å². The Kier molecular flexibility index (Phi) is 5.81. The van der Waals surface area contributed by atoms with Crippen LogP contribution in [-0.2, 0) is 21.2 Å². The number of hydrogen-bond donors (Lipinski definition) is 2. The number of halogens is 2. The fourth-order valence-corrected chi connectivity index (χ4v) is 4.39. The monoisotopic (exact) mass is 437 g/mol. The van der Waals surface area contributed by atoms with E-state index < -0.39 is 15.9 Å². The number of carbonyl (C=O) groups is 1. The van der Waals surface area contributed by atoms with E-state index in [1.54, 1.807) is 18.3 Å². The maximum atomic E-state index is 12.4. The first-order valence-electron chi connectivity index (χ1n) is 7.96. The highest BCUT2D eigenvalue weighted by Crippen LogP contribution is 2.31. The number of hydrogen-bond acceptors (Lipinski definition) is 4. The minimum atomic E-state index is -4.08. The van der Waals surface area contributed by atoms with Gasteiger partial charge in [0.15, 0.2) is 0 Å². The lowest BCUT2D eigenvalue weighted by molar-refractivity contribution is -0.119. The number of nitrogens with zero attached hydrogens (tertiary/aromatic N) is 3. The zero-order valence-electron chi connectivity index (χ0n) is 14.2. The molecule has 144 valence electrons. The average molecular weight is 438 g/mol. The summed E-state index contributed by atoms with van der Waals surface area (Å²) < 4.78 is 26.7. The number of azide groups is 1. The summed E-state index contributed by atoms with van der Waals surface area (Å²) in [7, 11) is -4.08. The molecule has 1 amide bonds. The van der Waals surface area contributed by atoms with Crippen molar-refractivity contribution in [2.75, 3.05) is 0 Å². The predicted molar refractivity (Wildman–Crippen MR) is 107 cm³/mol. The van der Waals surface area contributed by atoms with Gasteiger partial charge < -0.3 is 4.98 Å². The normalized spacial score (nSPS) is 11.2. The number of fused-ring (bicyclic) bond motifs is 1. The molecule has 1 aromatic heterocycles. The van der Waals surface area contributed by atoms with E-state index in [2.05, 4.69) is 15.0 Å². The van der Waals surface area contributed by atoms with Gasteiger partial charge in [-0.2, -0.15) is 0 Å². The molecule has 0 fully saturated rings. The molecular weight excluding hydrogens is 425 g/mol. The summed E-state index contributed by atoms with van der Waals surface area (Å²) in [5, 5.41) is 5.02. The molecule has 8 nitrogen and oxygen atoms in total. The van der Waals surface area contributed by atoms with Gasteiger partial charge in [-0.15, -0.1) is 0 Å². The standard InChI is InChI=1S/C17H13Cl2N5O3S/c18-11-6-14(19)17-10(9-21-15(17)7-11)4-5-16(25)23-28(26,27)13-3-1-2-12(8-13)22-24-20/h1-3,6-9,21H,4-5H2,(H,23,25). The van der Waals surface area contributed by atoms with E-state index in [4.69, 9.17) is 28.7 Å². The summed E-state index contributed by atoms with van der Waals surface area (Å²) in [4.78, 5) is 17.6. The van der Waals surface area contributed by atoms with E-state index in [1.165, 1.54) is 24.3 Å². The van der Waals surface area contributed by atoms with E-state index in [9.17, 15) is 13.2 Å². The van der Waals surface area contributed by atoms with Crippen molar-refractivity contribution in [3.05, 3.63) is 68.6 Å². The first-order chi connectivity index (χ1) is 13.3. The lowest BCUT2D eigenvalue weighted by Crippen LogP contribution is -2.30. The summed E-state index contributed by atoms with van der Waals surface area (Å²) in [5.74, 6) is -0.673.